The van der Waals surface area contributed by atoms with Gasteiger partial charge in [0.05, 0.1) is 18.4 Å². The van der Waals surface area contributed by atoms with E-state index in [0.29, 0.717) is 5.75 Å². The van der Waals surface area contributed by atoms with Crippen molar-refractivity contribution in [2.24, 2.45) is 5.92 Å². The number of nitrogens with one attached hydrogen (secondary N) is 2. The lowest BCUT2D eigenvalue weighted by Gasteiger charge is -2.33. The Bertz CT molecular complexity index is 974. The minimum Gasteiger partial charge on any atom is -0.497 e. The van der Waals surface area contributed by atoms with E-state index in [1.807, 2.05) is 30.3 Å². The maximum absolute atomic E-state index is 12.9. The van der Waals surface area contributed by atoms with Crippen LogP contribution in [0.4, 0.5) is 0 Å². The monoisotopic (exact) mass is 434 g/mol. The van der Waals surface area contributed by atoms with Gasteiger partial charge >= 0.3 is 5.97 Å². The topological polar surface area (TPSA) is 122 Å². The molecule has 0 radical (unpaired) electrons. The molecule has 0 aliphatic carbocycles. The molecular weight excluding hydrogens is 408 g/mol. The number of carbonyl (C=O) groups excluding carboxylic acids is 1. The molecule has 0 aliphatic heterocycles. The van der Waals surface area contributed by atoms with Gasteiger partial charge in [0, 0.05) is 6.54 Å². The SMILES string of the molecule is COc1ccc(S(=O)(=O)NC(CC(=O)NCc2ccccc2)(C(=O)O)C(C)C)cc1. The molecule has 0 fully saturated rings. The van der Waals surface area contributed by atoms with Gasteiger partial charge in [-0.05, 0) is 35.7 Å². The number of carboxylic acids is 1. The van der Waals surface area contributed by atoms with Gasteiger partial charge in [0.25, 0.3) is 0 Å². The van der Waals surface area contributed by atoms with Gasteiger partial charge in [-0.1, -0.05) is 44.2 Å². The van der Waals surface area contributed by atoms with Gasteiger partial charge in [-0.3, -0.25) is 9.59 Å². The van der Waals surface area contributed by atoms with Gasteiger partial charge in [-0.25, -0.2) is 8.42 Å². The molecule has 0 aromatic heterocycles. The van der Waals surface area contributed by atoms with Crippen molar-refractivity contribution in [2.75, 3.05) is 7.11 Å². The highest BCUT2D eigenvalue weighted by Gasteiger charge is 2.47. The first-order valence-corrected chi connectivity index (χ1v) is 10.8. The van der Waals surface area contributed by atoms with E-state index in [9.17, 15) is 23.1 Å². The molecule has 2 rings (SSSR count). The van der Waals surface area contributed by atoms with Crippen molar-refractivity contribution >= 4 is 21.9 Å². The van der Waals surface area contributed by atoms with Crippen LogP contribution in [-0.4, -0.2) is 38.0 Å². The van der Waals surface area contributed by atoms with Crippen molar-refractivity contribution in [3.63, 3.8) is 0 Å². The highest BCUT2D eigenvalue weighted by atomic mass is 32.2. The van der Waals surface area contributed by atoms with Gasteiger partial charge in [0.2, 0.25) is 15.9 Å². The van der Waals surface area contributed by atoms with Gasteiger partial charge in [-0.15, -0.1) is 0 Å². The number of benzene rings is 2. The first-order chi connectivity index (χ1) is 14.1. The van der Waals surface area contributed by atoms with Gasteiger partial charge < -0.3 is 15.2 Å². The van der Waals surface area contributed by atoms with Crippen molar-refractivity contribution in [1.29, 1.82) is 0 Å². The molecular formula is C21H26N2O6S. The van der Waals surface area contributed by atoms with Crippen LogP contribution in [0.5, 0.6) is 5.75 Å². The van der Waals surface area contributed by atoms with Crippen molar-refractivity contribution in [3.8, 4) is 5.75 Å². The number of hydrogen-bond acceptors (Lipinski definition) is 5. The predicted molar refractivity (Wildman–Crippen MR) is 111 cm³/mol. The Kier molecular flexibility index (Phi) is 7.58. The van der Waals surface area contributed by atoms with Crippen LogP contribution in [0.25, 0.3) is 0 Å². The van der Waals surface area contributed by atoms with Crippen LogP contribution in [0.2, 0.25) is 0 Å². The molecule has 30 heavy (non-hydrogen) atoms. The Morgan fingerprint density at radius 1 is 1.07 bits per heavy atom. The summed E-state index contributed by atoms with van der Waals surface area (Å²) in [7, 11) is -2.76. The molecule has 0 bridgehead atoms. The number of carbonyl (C=O) groups is 2. The summed E-state index contributed by atoms with van der Waals surface area (Å²) in [5.41, 5.74) is -1.17. The van der Waals surface area contributed by atoms with Crippen molar-refractivity contribution in [2.45, 2.75) is 37.2 Å². The van der Waals surface area contributed by atoms with Gasteiger partial charge in [0.15, 0.2) is 0 Å². The molecule has 0 saturated heterocycles. The third-order valence-corrected chi connectivity index (χ3v) is 6.35. The number of hydrogen-bond donors (Lipinski definition) is 3. The average Bonchev–Trinajstić information content (AvgIpc) is 2.72. The second-order valence-electron chi connectivity index (χ2n) is 7.15. The summed E-state index contributed by atoms with van der Waals surface area (Å²) < 4.78 is 33.0. The third kappa shape index (κ3) is 5.58. The maximum Gasteiger partial charge on any atom is 0.325 e. The molecule has 0 aliphatic rings. The largest absolute Gasteiger partial charge is 0.497 e. The van der Waals surface area contributed by atoms with Crippen LogP contribution in [0.3, 0.4) is 0 Å². The van der Waals surface area contributed by atoms with Crippen molar-refractivity contribution < 1.29 is 27.9 Å². The molecule has 0 saturated carbocycles. The van der Waals surface area contributed by atoms with Crippen LogP contribution in [-0.2, 0) is 26.2 Å². The summed E-state index contributed by atoms with van der Waals surface area (Å²) >= 11 is 0. The fraction of sp³-hybridized carbons (Fsp3) is 0.333. The van der Waals surface area contributed by atoms with Crippen molar-refractivity contribution in [3.05, 3.63) is 60.2 Å². The van der Waals surface area contributed by atoms with Gasteiger partial charge in [0.1, 0.15) is 11.3 Å². The minimum absolute atomic E-state index is 0.126. The highest BCUT2D eigenvalue weighted by Crippen LogP contribution is 2.26. The Morgan fingerprint density at radius 2 is 1.67 bits per heavy atom. The highest BCUT2D eigenvalue weighted by molar-refractivity contribution is 7.89. The lowest BCUT2D eigenvalue weighted by molar-refractivity contribution is -0.148. The number of amides is 1. The molecule has 2 aromatic rings. The minimum atomic E-state index is -4.21. The van der Waals surface area contributed by atoms with E-state index < -0.39 is 39.8 Å². The summed E-state index contributed by atoms with van der Waals surface area (Å²) in [6, 6.07) is 14.7. The molecule has 2 aromatic carbocycles. The van der Waals surface area contributed by atoms with E-state index in [2.05, 4.69) is 10.0 Å². The summed E-state index contributed by atoms with van der Waals surface area (Å²) in [5, 5.41) is 12.5. The van der Waals surface area contributed by atoms with E-state index in [1.165, 1.54) is 31.4 Å². The Hall–Kier alpha value is -2.91. The Balaban J connectivity index is 2.24. The molecule has 1 unspecified atom stereocenters. The quantitative estimate of drug-likeness (QED) is 0.527. The van der Waals surface area contributed by atoms with Crippen LogP contribution < -0.4 is 14.8 Å². The standard InChI is InChI=1S/C21H26N2O6S/c1-15(2)21(20(25)26,13-19(24)22-14-16-7-5-4-6-8-16)23-30(27,28)18-11-9-17(29-3)10-12-18/h4-12,15,23H,13-14H2,1-3H3,(H,22,24)(H,25,26). The Labute approximate surface area is 176 Å². The number of ether oxygens (including phenoxy) is 1. The third-order valence-electron chi connectivity index (χ3n) is 4.83. The van der Waals surface area contributed by atoms with Crippen LogP contribution in [0, 0.1) is 5.92 Å². The molecule has 9 heteroatoms. The van der Waals surface area contributed by atoms with Crippen molar-refractivity contribution in [1.82, 2.24) is 10.0 Å². The molecule has 3 N–H and O–H groups in total. The number of carboxylic acid groups (broad SMARTS) is 1. The maximum atomic E-state index is 12.9. The first kappa shape index (κ1) is 23.4. The summed E-state index contributed by atoms with van der Waals surface area (Å²) in [6.45, 7) is 3.31. The summed E-state index contributed by atoms with van der Waals surface area (Å²) in [4.78, 5) is 24.6. The summed E-state index contributed by atoms with van der Waals surface area (Å²) in [5.74, 6) is -2.25. The fourth-order valence-corrected chi connectivity index (χ4v) is 4.38. The second kappa shape index (κ2) is 9.73. The zero-order valence-corrected chi connectivity index (χ0v) is 17.9. The second-order valence-corrected chi connectivity index (χ2v) is 8.83. The number of aliphatic carboxylic acids is 1. The number of rotatable bonds is 10. The lowest BCUT2D eigenvalue weighted by atomic mass is 9.84. The summed E-state index contributed by atoms with van der Waals surface area (Å²) in [6.07, 6.45) is -0.553. The fourth-order valence-electron chi connectivity index (χ4n) is 2.89. The first-order valence-electron chi connectivity index (χ1n) is 9.33. The van der Waals surface area contributed by atoms with Gasteiger partial charge in [-0.2, -0.15) is 4.72 Å². The Morgan fingerprint density at radius 3 is 2.17 bits per heavy atom. The molecule has 0 heterocycles. The van der Waals surface area contributed by atoms with E-state index in [1.54, 1.807) is 13.8 Å². The predicted octanol–water partition coefficient (Wildman–Crippen LogP) is 2.16. The molecule has 1 atom stereocenters. The van der Waals surface area contributed by atoms with Crippen LogP contribution >= 0.6 is 0 Å². The molecule has 0 spiro atoms. The zero-order valence-electron chi connectivity index (χ0n) is 17.1. The van der Waals surface area contributed by atoms with E-state index in [0.717, 1.165) is 5.56 Å². The molecule has 162 valence electrons. The van der Waals surface area contributed by atoms with Crippen LogP contribution in [0.1, 0.15) is 25.8 Å². The lowest BCUT2D eigenvalue weighted by Crippen LogP contribution is -2.60. The number of sulfonamides is 1. The normalized spacial score (nSPS) is 13.5. The molecule has 1 amide bonds. The van der Waals surface area contributed by atoms with E-state index in [-0.39, 0.29) is 11.4 Å². The molecule has 8 nitrogen and oxygen atoms in total. The smallest absolute Gasteiger partial charge is 0.325 e. The van der Waals surface area contributed by atoms with E-state index >= 15 is 0 Å². The van der Waals surface area contributed by atoms with E-state index in [4.69, 9.17) is 4.74 Å². The van der Waals surface area contributed by atoms with Crippen LogP contribution in [0.15, 0.2) is 59.5 Å². The number of methoxy groups -OCH3 is 1. The zero-order chi connectivity index (χ0) is 22.4. The average molecular weight is 435 g/mol.